The van der Waals surface area contributed by atoms with Gasteiger partial charge in [0.2, 0.25) is 0 Å². The molecular weight excluding hydrogens is 170 g/mol. The molecule has 0 nitrogen and oxygen atoms in total. The van der Waals surface area contributed by atoms with Gasteiger partial charge in [0, 0.05) is 10.6 Å². The summed E-state index contributed by atoms with van der Waals surface area (Å²) in [4.78, 5) is 0. The van der Waals surface area contributed by atoms with E-state index in [1.165, 1.54) is 12.1 Å². The van der Waals surface area contributed by atoms with Crippen LogP contribution in [0.3, 0.4) is 0 Å². The zero-order chi connectivity index (χ0) is 8.43. The topological polar surface area (TPSA) is 0 Å². The maximum absolute atomic E-state index is 12.0. The highest BCUT2D eigenvalue weighted by Gasteiger charge is 2.07. The fraction of sp³-hybridized carbons (Fsp3) is 0.250. The van der Waals surface area contributed by atoms with Crippen molar-refractivity contribution in [2.45, 2.75) is 13.3 Å². The summed E-state index contributed by atoms with van der Waals surface area (Å²) >= 11 is 5.62. The van der Waals surface area contributed by atoms with Crippen LogP contribution in [0.15, 0.2) is 18.2 Å². The van der Waals surface area contributed by atoms with Crippen molar-refractivity contribution < 1.29 is 8.78 Å². The number of hydrogen-bond acceptors (Lipinski definition) is 0. The van der Waals surface area contributed by atoms with Crippen LogP contribution in [0.2, 0.25) is 5.02 Å². The molecule has 1 aromatic rings. The van der Waals surface area contributed by atoms with Crippen LogP contribution in [-0.2, 0) is 0 Å². The van der Waals surface area contributed by atoms with Crippen LogP contribution in [0, 0.1) is 6.92 Å². The average molecular weight is 177 g/mol. The number of benzene rings is 1. The van der Waals surface area contributed by atoms with Crippen molar-refractivity contribution >= 4 is 11.6 Å². The molecule has 11 heavy (non-hydrogen) atoms. The first kappa shape index (κ1) is 8.47. The summed E-state index contributed by atoms with van der Waals surface area (Å²) in [5, 5.41) is 0.391. The molecule has 60 valence electrons. The third-order valence-electron chi connectivity index (χ3n) is 1.45. The molecule has 0 saturated carbocycles. The lowest BCUT2D eigenvalue weighted by atomic mass is 10.1. The molecule has 0 heterocycles. The number of aryl methyl sites for hydroxylation is 1. The van der Waals surface area contributed by atoms with E-state index in [-0.39, 0.29) is 5.56 Å². The van der Waals surface area contributed by atoms with Crippen molar-refractivity contribution in [2.75, 3.05) is 0 Å². The molecule has 1 rings (SSSR count). The minimum absolute atomic E-state index is 0.0272. The maximum Gasteiger partial charge on any atom is 0.263 e. The predicted octanol–water partition coefficient (Wildman–Crippen LogP) is 3.59. The first-order valence-electron chi connectivity index (χ1n) is 3.15. The Hall–Kier alpha value is -0.630. The molecule has 0 aliphatic heterocycles. The van der Waals surface area contributed by atoms with E-state index in [0.717, 1.165) is 5.56 Å². The van der Waals surface area contributed by atoms with Crippen LogP contribution >= 0.6 is 11.6 Å². The second kappa shape index (κ2) is 3.18. The van der Waals surface area contributed by atoms with Crippen LogP contribution in [0.25, 0.3) is 0 Å². The molecule has 0 fully saturated rings. The normalized spacial score (nSPS) is 10.6. The SMILES string of the molecule is Cc1ccc(C(F)F)cc1Cl. The summed E-state index contributed by atoms with van der Waals surface area (Å²) in [6.45, 7) is 1.78. The summed E-state index contributed by atoms with van der Waals surface area (Å²) < 4.78 is 24.0. The highest BCUT2D eigenvalue weighted by atomic mass is 35.5. The standard InChI is InChI=1S/C8H7ClF2/c1-5-2-3-6(8(10)11)4-7(5)9/h2-4,8H,1H3. The van der Waals surface area contributed by atoms with Gasteiger partial charge in [0.1, 0.15) is 0 Å². The molecule has 0 unspecified atom stereocenters. The Labute approximate surface area is 68.8 Å². The monoisotopic (exact) mass is 176 g/mol. The average Bonchev–Trinajstić information content (AvgIpc) is 1.94. The van der Waals surface area contributed by atoms with Crippen LogP contribution in [-0.4, -0.2) is 0 Å². The van der Waals surface area contributed by atoms with Gasteiger partial charge in [-0.25, -0.2) is 8.78 Å². The lowest BCUT2D eigenvalue weighted by Crippen LogP contribution is -1.84. The fourth-order valence-electron chi connectivity index (χ4n) is 0.745. The lowest BCUT2D eigenvalue weighted by molar-refractivity contribution is 0.151. The maximum atomic E-state index is 12.0. The molecule has 0 spiro atoms. The van der Waals surface area contributed by atoms with Crippen molar-refractivity contribution in [3.05, 3.63) is 34.3 Å². The Morgan fingerprint density at radius 2 is 2.00 bits per heavy atom. The molecule has 0 amide bonds. The van der Waals surface area contributed by atoms with E-state index >= 15 is 0 Å². The van der Waals surface area contributed by atoms with E-state index in [2.05, 4.69) is 0 Å². The summed E-state index contributed by atoms with van der Waals surface area (Å²) in [7, 11) is 0. The number of alkyl halides is 2. The van der Waals surface area contributed by atoms with Crippen molar-refractivity contribution in [1.82, 2.24) is 0 Å². The van der Waals surface area contributed by atoms with Gasteiger partial charge < -0.3 is 0 Å². The van der Waals surface area contributed by atoms with Crippen molar-refractivity contribution in [3.63, 3.8) is 0 Å². The molecule has 1 aromatic carbocycles. The largest absolute Gasteiger partial charge is 0.263 e. The van der Waals surface area contributed by atoms with Crippen LogP contribution in [0.1, 0.15) is 17.6 Å². The molecule has 3 heteroatoms. The fourth-order valence-corrected chi connectivity index (χ4v) is 0.934. The van der Waals surface area contributed by atoms with Gasteiger partial charge in [-0.3, -0.25) is 0 Å². The predicted molar refractivity (Wildman–Crippen MR) is 41.1 cm³/mol. The van der Waals surface area contributed by atoms with E-state index in [0.29, 0.717) is 5.02 Å². The Kier molecular flexibility index (Phi) is 2.45. The lowest BCUT2D eigenvalue weighted by Gasteiger charge is -2.01. The van der Waals surface area contributed by atoms with Gasteiger partial charge >= 0.3 is 0 Å². The third-order valence-corrected chi connectivity index (χ3v) is 1.86. The van der Waals surface area contributed by atoms with Gasteiger partial charge in [-0.15, -0.1) is 0 Å². The zero-order valence-corrected chi connectivity index (χ0v) is 6.70. The first-order chi connectivity index (χ1) is 5.11. The van der Waals surface area contributed by atoms with Crippen LogP contribution in [0.5, 0.6) is 0 Å². The Balaban J connectivity index is 3.05. The molecule has 0 bridgehead atoms. The molecular formula is C8H7ClF2. The van der Waals surface area contributed by atoms with Gasteiger partial charge in [-0.2, -0.15) is 0 Å². The summed E-state index contributed by atoms with van der Waals surface area (Å²) in [5.41, 5.74) is 0.789. The summed E-state index contributed by atoms with van der Waals surface area (Å²) in [6, 6.07) is 4.26. The summed E-state index contributed by atoms with van der Waals surface area (Å²) in [5.74, 6) is 0. The van der Waals surface area contributed by atoms with Gasteiger partial charge in [0.15, 0.2) is 0 Å². The van der Waals surface area contributed by atoms with Crippen molar-refractivity contribution in [2.24, 2.45) is 0 Å². The van der Waals surface area contributed by atoms with Gasteiger partial charge in [-0.1, -0.05) is 23.7 Å². The molecule has 0 aliphatic rings. The van der Waals surface area contributed by atoms with Crippen LogP contribution < -0.4 is 0 Å². The molecule has 0 saturated heterocycles. The molecule has 0 radical (unpaired) electrons. The van der Waals surface area contributed by atoms with E-state index in [1.807, 2.05) is 0 Å². The third kappa shape index (κ3) is 1.90. The first-order valence-corrected chi connectivity index (χ1v) is 3.53. The van der Waals surface area contributed by atoms with E-state index in [1.54, 1.807) is 13.0 Å². The number of rotatable bonds is 1. The second-order valence-electron chi connectivity index (χ2n) is 2.31. The molecule has 0 aromatic heterocycles. The zero-order valence-electron chi connectivity index (χ0n) is 5.94. The number of hydrogen-bond donors (Lipinski definition) is 0. The molecule has 0 N–H and O–H groups in total. The van der Waals surface area contributed by atoms with E-state index in [4.69, 9.17) is 11.6 Å². The van der Waals surface area contributed by atoms with Gasteiger partial charge in [-0.05, 0) is 18.6 Å². The highest BCUT2D eigenvalue weighted by molar-refractivity contribution is 6.31. The van der Waals surface area contributed by atoms with E-state index in [9.17, 15) is 8.78 Å². The number of halogens is 3. The van der Waals surface area contributed by atoms with Gasteiger partial charge in [0.05, 0.1) is 0 Å². The van der Waals surface area contributed by atoms with Crippen LogP contribution in [0.4, 0.5) is 8.78 Å². The summed E-state index contributed by atoms with van der Waals surface area (Å²) in [6.07, 6.45) is -2.44. The Bertz CT molecular complexity index is 258. The molecule has 0 atom stereocenters. The van der Waals surface area contributed by atoms with E-state index < -0.39 is 6.43 Å². The highest BCUT2D eigenvalue weighted by Crippen LogP contribution is 2.23. The van der Waals surface area contributed by atoms with Crippen molar-refractivity contribution in [1.29, 1.82) is 0 Å². The second-order valence-corrected chi connectivity index (χ2v) is 2.72. The minimum Gasteiger partial charge on any atom is -0.205 e. The van der Waals surface area contributed by atoms with Gasteiger partial charge in [0.25, 0.3) is 6.43 Å². The Morgan fingerprint density at radius 1 is 1.36 bits per heavy atom. The quantitative estimate of drug-likeness (QED) is 0.614. The molecule has 0 aliphatic carbocycles. The van der Waals surface area contributed by atoms with Crippen molar-refractivity contribution in [3.8, 4) is 0 Å². The Morgan fingerprint density at radius 3 is 2.45 bits per heavy atom. The smallest absolute Gasteiger partial charge is 0.205 e. The minimum atomic E-state index is -2.44.